The minimum atomic E-state index is 0.0316. The van der Waals surface area contributed by atoms with Crippen LogP contribution >= 0.6 is 0 Å². The second kappa shape index (κ2) is 3.13. The summed E-state index contributed by atoms with van der Waals surface area (Å²) in [4.78, 5) is 11.4. The van der Waals surface area contributed by atoms with Gasteiger partial charge in [0, 0.05) is 6.42 Å². The second-order valence-electron chi connectivity index (χ2n) is 4.14. The molecule has 2 nitrogen and oxygen atoms in total. The molecule has 1 rings (SSSR count). The van der Waals surface area contributed by atoms with Gasteiger partial charge in [-0.2, -0.15) is 0 Å². The average Bonchev–Trinajstić information content (AvgIpc) is 2.32. The summed E-state index contributed by atoms with van der Waals surface area (Å²) < 4.78 is 4.99. The van der Waals surface area contributed by atoms with Gasteiger partial charge in [0.2, 0.25) is 0 Å². The number of hydrogen-bond acceptors (Lipinski definition) is 2. The number of hydrogen-bond donors (Lipinski definition) is 0. The van der Waals surface area contributed by atoms with E-state index in [2.05, 4.69) is 0 Å². The first-order chi connectivity index (χ1) is 5.49. The molecule has 0 atom stereocenters. The summed E-state index contributed by atoms with van der Waals surface area (Å²) in [6.07, 6.45) is 2.05. The molecule has 0 bridgehead atoms. The van der Waals surface area contributed by atoms with Gasteiger partial charge in [-0.05, 0) is 17.5 Å². The topological polar surface area (TPSA) is 30.2 Å². The zero-order valence-corrected chi connectivity index (χ0v) is 7.76. The van der Waals surface area contributed by atoms with E-state index in [-0.39, 0.29) is 11.2 Å². The fraction of sp³-hybridized carbons (Fsp3) is 0.500. The Labute approximate surface area is 72.6 Å². The van der Waals surface area contributed by atoms with Crippen molar-refractivity contribution in [1.29, 1.82) is 0 Å². The highest BCUT2D eigenvalue weighted by molar-refractivity contribution is 5.93. The molecule has 12 heavy (non-hydrogen) atoms. The molecule has 0 aromatic carbocycles. The minimum absolute atomic E-state index is 0.0316. The lowest BCUT2D eigenvalue weighted by Gasteiger charge is -2.15. The molecule has 2 heteroatoms. The molecule has 0 spiro atoms. The summed E-state index contributed by atoms with van der Waals surface area (Å²) in [6.45, 7) is 6.11. The Kier molecular flexibility index (Phi) is 2.36. The molecule has 1 heterocycles. The summed E-state index contributed by atoms with van der Waals surface area (Å²) in [5.41, 5.74) is 0.0316. The highest BCUT2D eigenvalue weighted by Crippen LogP contribution is 2.21. The van der Waals surface area contributed by atoms with Gasteiger partial charge in [0.1, 0.15) is 0 Å². The van der Waals surface area contributed by atoms with Crippen molar-refractivity contribution >= 4 is 5.78 Å². The van der Waals surface area contributed by atoms with E-state index in [1.54, 1.807) is 12.1 Å². The Hall–Kier alpha value is -1.05. The first-order valence-electron chi connectivity index (χ1n) is 4.06. The van der Waals surface area contributed by atoms with Gasteiger partial charge in [-0.25, -0.2) is 0 Å². The summed E-state index contributed by atoms with van der Waals surface area (Å²) in [5, 5.41) is 0. The molecule has 0 aliphatic rings. The van der Waals surface area contributed by atoms with Gasteiger partial charge in [0.15, 0.2) is 11.5 Å². The van der Waals surface area contributed by atoms with E-state index in [4.69, 9.17) is 4.42 Å². The molecule has 66 valence electrons. The number of furan rings is 1. The van der Waals surface area contributed by atoms with Crippen molar-refractivity contribution < 1.29 is 9.21 Å². The van der Waals surface area contributed by atoms with Gasteiger partial charge in [0.25, 0.3) is 0 Å². The van der Waals surface area contributed by atoms with Crippen LogP contribution < -0.4 is 0 Å². The van der Waals surface area contributed by atoms with Crippen molar-refractivity contribution in [2.45, 2.75) is 27.2 Å². The average molecular weight is 166 g/mol. The lowest BCUT2D eigenvalue weighted by Crippen LogP contribution is -2.12. The highest BCUT2D eigenvalue weighted by Gasteiger charge is 2.18. The van der Waals surface area contributed by atoms with Crippen LogP contribution in [-0.4, -0.2) is 5.78 Å². The third kappa shape index (κ3) is 2.53. The molecular formula is C10H14O2. The number of carbonyl (C=O) groups is 1. The molecule has 0 saturated carbocycles. The van der Waals surface area contributed by atoms with Crippen LogP contribution in [0.3, 0.4) is 0 Å². The normalized spacial score (nSPS) is 11.6. The summed E-state index contributed by atoms with van der Waals surface area (Å²) in [7, 11) is 0. The smallest absolute Gasteiger partial charge is 0.198 e. The number of carbonyl (C=O) groups excluding carboxylic acids is 1. The maximum absolute atomic E-state index is 11.4. The molecule has 1 aromatic rings. The Morgan fingerprint density at radius 1 is 1.50 bits per heavy atom. The van der Waals surface area contributed by atoms with Crippen LogP contribution in [0.5, 0.6) is 0 Å². The Morgan fingerprint density at radius 3 is 2.58 bits per heavy atom. The van der Waals surface area contributed by atoms with E-state index < -0.39 is 0 Å². The highest BCUT2D eigenvalue weighted by atomic mass is 16.3. The zero-order chi connectivity index (χ0) is 9.19. The van der Waals surface area contributed by atoms with Gasteiger partial charge >= 0.3 is 0 Å². The number of rotatable bonds is 2. The van der Waals surface area contributed by atoms with E-state index in [1.807, 2.05) is 20.8 Å². The molecule has 0 saturated heterocycles. The van der Waals surface area contributed by atoms with Crippen molar-refractivity contribution in [3.05, 3.63) is 24.2 Å². The molecule has 0 amide bonds. The van der Waals surface area contributed by atoms with Crippen LogP contribution in [0.2, 0.25) is 0 Å². The summed E-state index contributed by atoms with van der Waals surface area (Å²) in [5.74, 6) is 0.539. The van der Waals surface area contributed by atoms with E-state index in [0.717, 1.165) is 0 Å². The van der Waals surface area contributed by atoms with E-state index in [1.165, 1.54) is 6.26 Å². The monoisotopic (exact) mass is 166 g/mol. The van der Waals surface area contributed by atoms with E-state index in [0.29, 0.717) is 12.2 Å². The first kappa shape index (κ1) is 9.04. The van der Waals surface area contributed by atoms with Crippen molar-refractivity contribution in [3.8, 4) is 0 Å². The largest absolute Gasteiger partial charge is 0.461 e. The fourth-order valence-electron chi connectivity index (χ4n) is 1.01. The van der Waals surface area contributed by atoms with Crippen molar-refractivity contribution in [2.24, 2.45) is 5.41 Å². The quantitative estimate of drug-likeness (QED) is 0.632. The molecular weight excluding hydrogens is 152 g/mol. The van der Waals surface area contributed by atoms with Gasteiger partial charge in [-0.3, -0.25) is 4.79 Å². The Balaban J connectivity index is 2.63. The maximum Gasteiger partial charge on any atom is 0.198 e. The van der Waals surface area contributed by atoms with Crippen LogP contribution in [0.1, 0.15) is 37.7 Å². The number of Topliss-reactive ketones (excluding diaryl/α,β-unsaturated/α-hetero) is 1. The van der Waals surface area contributed by atoms with Crippen LogP contribution in [0.25, 0.3) is 0 Å². The molecule has 0 radical (unpaired) electrons. The standard InChI is InChI=1S/C10H14O2/c1-10(2,3)7-8(11)9-5-4-6-12-9/h4-6H,7H2,1-3H3. The Morgan fingerprint density at radius 2 is 2.17 bits per heavy atom. The Bertz CT molecular complexity index is 252. The molecule has 0 unspecified atom stereocenters. The van der Waals surface area contributed by atoms with E-state index >= 15 is 0 Å². The van der Waals surface area contributed by atoms with Crippen LogP contribution in [0, 0.1) is 5.41 Å². The first-order valence-corrected chi connectivity index (χ1v) is 4.06. The van der Waals surface area contributed by atoms with Crippen LogP contribution in [0.15, 0.2) is 22.8 Å². The van der Waals surface area contributed by atoms with Gasteiger partial charge in [-0.15, -0.1) is 0 Å². The second-order valence-corrected chi connectivity index (χ2v) is 4.14. The minimum Gasteiger partial charge on any atom is -0.461 e. The summed E-state index contributed by atoms with van der Waals surface area (Å²) >= 11 is 0. The molecule has 0 fully saturated rings. The van der Waals surface area contributed by atoms with Crippen molar-refractivity contribution in [1.82, 2.24) is 0 Å². The molecule has 0 aliphatic carbocycles. The van der Waals surface area contributed by atoms with Crippen LogP contribution in [0.4, 0.5) is 0 Å². The predicted octanol–water partition coefficient (Wildman–Crippen LogP) is 2.90. The van der Waals surface area contributed by atoms with Gasteiger partial charge in [-0.1, -0.05) is 20.8 Å². The third-order valence-corrected chi connectivity index (χ3v) is 1.49. The SMILES string of the molecule is CC(C)(C)CC(=O)c1ccco1. The van der Waals surface area contributed by atoms with Gasteiger partial charge < -0.3 is 4.42 Å². The third-order valence-electron chi connectivity index (χ3n) is 1.49. The molecule has 1 aromatic heterocycles. The van der Waals surface area contributed by atoms with Gasteiger partial charge in [0.05, 0.1) is 6.26 Å². The molecule has 0 aliphatic heterocycles. The lowest BCUT2D eigenvalue weighted by atomic mass is 9.89. The maximum atomic E-state index is 11.4. The van der Waals surface area contributed by atoms with Crippen molar-refractivity contribution in [2.75, 3.05) is 0 Å². The van der Waals surface area contributed by atoms with Crippen LogP contribution in [-0.2, 0) is 0 Å². The predicted molar refractivity (Wildman–Crippen MR) is 47.1 cm³/mol. The zero-order valence-electron chi connectivity index (χ0n) is 7.76. The number of ketones is 1. The molecule has 0 N–H and O–H groups in total. The van der Waals surface area contributed by atoms with Crippen molar-refractivity contribution in [3.63, 3.8) is 0 Å². The summed E-state index contributed by atoms with van der Waals surface area (Å²) in [6, 6.07) is 3.43. The fourth-order valence-corrected chi connectivity index (χ4v) is 1.01. The lowest BCUT2D eigenvalue weighted by molar-refractivity contribution is 0.0912. The van der Waals surface area contributed by atoms with E-state index in [9.17, 15) is 4.79 Å².